The molecule has 0 spiro atoms. The highest BCUT2D eigenvalue weighted by Crippen LogP contribution is 2.33. The maximum absolute atomic E-state index is 13.2. The molecule has 120 valence electrons. The van der Waals surface area contributed by atoms with E-state index in [4.69, 9.17) is 4.74 Å². The molecule has 0 aliphatic carbocycles. The fourth-order valence-electron chi connectivity index (χ4n) is 1.98. The van der Waals surface area contributed by atoms with Crippen LogP contribution in [0, 0.1) is 5.82 Å². The summed E-state index contributed by atoms with van der Waals surface area (Å²) in [6.45, 7) is 6.39. The first-order valence-corrected chi connectivity index (χ1v) is 7.04. The minimum Gasteiger partial charge on any atom is -0.489 e. The monoisotopic (exact) mass is 307 g/mol. The summed E-state index contributed by atoms with van der Waals surface area (Å²) in [5.41, 5.74) is -1.31. The number of benzene rings is 1. The predicted molar refractivity (Wildman–Crippen MR) is 73.9 cm³/mol. The Labute approximate surface area is 122 Å². The highest BCUT2D eigenvalue weighted by Gasteiger charge is 2.34. The second kappa shape index (κ2) is 7.64. The number of halogens is 4. The van der Waals surface area contributed by atoms with Gasteiger partial charge in [-0.15, -0.1) is 0 Å². The van der Waals surface area contributed by atoms with Gasteiger partial charge in [0.1, 0.15) is 17.7 Å². The van der Waals surface area contributed by atoms with Crippen LogP contribution in [0.2, 0.25) is 0 Å². The number of nitrogens with one attached hydrogen (secondary N) is 1. The van der Waals surface area contributed by atoms with Crippen LogP contribution < -0.4 is 10.1 Å². The van der Waals surface area contributed by atoms with Gasteiger partial charge >= 0.3 is 6.18 Å². The van der Waals surface area contributed by atoms with Crippen LogP contribution in [0.15, 0.2) is 18.2 Å². The van der Waals surface area contributed by atoms with E-state index in [0.29, 0.717) is 18.7 Å². The summed E-state index contributed by atoms with van der Waals surface area (Å²) in [5, 5.41) is 3.27. The van der Waals surface area contributed by atoms with E-state index < -0.39 is 17.6 Å². The van der Waals surface area contributed by atoms with E-state index in [9.17, 15) is 17.6 Å². The molecule has 2 nitrogen and oxygen atoms in total. The quantitative estimate of drug-likeness (QED) is 0.754. The van der Waals surface area contributed by atoms with Gasteiger partial charge in [0, 0.05) is 12.6 Å². The number of hydrogen-bond acceptors (Lipinski definition) is 2. The summed E-state index contributed by atoms with van der Waals surface area (Å²) >= 11 is 0. The molecule has 0 fully saturated rings. The average Bonchev–Trinajstić information content (AvgIpc) is 2.41. The third-order valence-electron chi connectivity index (χ3n) is 3.26. The smallest absolute Gasteiger partial charge is 0.419 e. The molecule has 0 aliphatic heterocycles. The van der Waals surface area contributed by atoms with E-state index in [-0.39, 0.29) is 11.9 Å². The molecule has 0 amide bonds. The predicted octanol–water partition coefficient (Wildman–Crippen LogP) is 4.39. The summed E-state index contributed by atoms with van der Waals surface area (Å²) in [4.78, 5) is 0. The Balaban J connectivity index is 2.66. The van der Waals surface area contributed by atoms with Crippen molar-refractivity contribution in [3.8, 4) is 5.75 Å². The molecular formula is C15H21F4NO. The molecule has 0 aromatic heterocycles. The largest absolute Gasteiger partial charge is 0.489 e. The van der Waals surface area contributed by atoms with Crippen molar-refractivity contribution in [2.24, 2.45) is 0 Å². The molecule has 1 aromatic carbocycles. The summed E-state index contributed by atoms with van der Waals surface area (Å²) < 4.78 is 56.4. The second-order valence-electron chi connectivity index (χ2n) is 4.99. The number of rotatable bonds is 7. The van der Waals surface area contributed by atoms with Crippen LogP contribution in [0.5, 0.6) is 5.75 Å². The van der Waals surface area contributed by atoms with Gasteiger partial charge in [-0.25, -0.2) is 4.39 Å². The molecule has 1 atom stereocenters. The van der Waals surface area contributed by atoms with E-state index in [1.54, 1.807) is 6.92 Å². The van der Waals surface area contributed by atoms with E-state index in [1.807, 2.05) is 0 Å². The van der Waals surface area contributed by atoms with Crippen molar-refractivity contribution < 1.29 is 22.3 Å². The van der Waals surface area contributed by atoms with Crippen molar-refractivity contribution in [1.82, 2.24) is 5.32 Å². The lowest BCUT2D eigenvalue weighted by Crippen LogP contribution is -2.36. The van der Waals surface area contributed by atoms with E-state index in [2.05, 4.69) is 19.2 Å². The molecule has 1 aromatic rings. The van der Waals surface area contributed by atoms with Gasteiger partial charge in [0.25, 0.3) is 0 Å². The first kappa shape index (κ1) is 17.8. The van der Waals surface area contributed by atoms with Crippen molar-refractivity contribution in [3.63, 3.8) is 0 Å². The molecule has 0 aliphatic rings. The van der Waals surface area contributed by atoms with E-state index in [0.717, 1.165) is 18.9 Å². The maximum Gasteiger partial charge on any atom is 0.419 e. The minimum absolute atomic E-state index is 0.0163. The average molecular weight is 307 g/mol. The first-order chi connectivity index (χ1) is 9.77. The number of alkyl halides is 3. The third kappa shape index (κ3) is 5.53. The topological polar surface area (TPSA) is 21.3 Å². The Morgan fingerprint density at radius 3 is 2.33 bits per heavy atom. The van der Waals surface area contributed by atoms with Gasteiger partial charge in [0.15, 0.2) is 0 Å². The highest BCUT2D eigenvalue weighted by atomic mass is 19.4. The Morgan fingerprint density at radius 1 is 1.19 bits per heavy atom. The molecule has 21 heavy (non-hydrogen) atoms. The van der Waals surface area contributed by atoms with Gasteiger partial charge in [0.05, 0.1) is 5.56 Å². The van der Waals surface area contributed by atoms with Gasteiger partial charge in [-0.05, 0) is 38.0 Å². The molecule has 0 heterocycles. The minimum atomic E-state index is -4.72. The standard InChI is InChI=1S/C15H21F4NO/c1-4-11(5-2)20-9-10(3)21-12-6-7-14(16)13(8-12)15(17,18)19/h6-8,10-11,20H,4-5,9H2,1-3H3. The molecular weight excluding hydrogens is 286 g/mol. The van der Waals surface area contributed by atoms with Crippen molar-refractivity contribution in [2.75, 3.05) is 6.54 Å². The molecule has 0 radical (unpaired) electrons. The third-order valence-corrected chi connectivity index (χ3v) is 3.26. The number of hydrogen-bond donors (Lipinski definition) is 1. The Morgan fingerprint density at radius 2 is 1.81 bits per heavy atom. The summed E-state index contributed by atoms with van der Waals surface area (Å²) in [6.07, 6.45) is -3.09. The molecule has 1 rings (SSSR count). The lowest BCUT2D eigenvalue weighted by Gasteiger charge is -2.20. The molecule has 1 unspecified atom stereocenters. The zero-order chi connectivity index (χ0) is 16.0. The van der Waals surface area contributed by atoms with Gasteiger partial charge < -0.3 is 10.1 Å². The molecule has 0 saturated carbocycles. The molecule has 6 heteroatoms. The summed E-state index contributed by atoms with van der Waals surface area (Å²) in [5.74, 6) is -1.28. The van der Waals surface area contributed by atoms with Crippen LogP contribution in [0.3, 0.4) is 0 Å². The van der Waals surface area contributed by atoms with Crippen LogP contribution in [0.4, 0.5) is 17.6 Å². The van der Waals surface area contributed by atoms with Crippen molar-refractivity contribution in [3.05, 3.63) is 29.6 Å². The van der Waals surface area contributed by atoms with Crippen molar-refractivity contribution in [2.45, 2.75) is 51.9 Å². The lowest BCUT2D eigenvalue weighted by molar-refractivity contribution is -0.140. The van der Waals surface area contributed by atoms with Crippen LogP contribution in [-0.4, -0.2) is 18.7 Å². The van der Waals surface area contributed by atoms with Gasteiger partial charge in [0.2, 0.25) is 0 Å². The van der Waals surface area contributed by atoms with Crippen molar-refractivity contribution >= 4 is 0 Å². The van der Waals surface area contributed by atoms with Crippen LogP contribution >= 0.6 is 0 Å². The van der Waals surface area contributed by atoms with Crippen LogP contribution in [0.1, 0.15) is 39.2 Å². The van der Waals surface area contributed by atoms with Gasteiger partial charge in [-0.3, -0.25) is 0 Å². The first-order valence-electron chi connectivity index (χ1n) is 7.04. The Bertz CT molecular complexity index is 444. The maximum atomic E-state index is 13.2. The summed E-state index contributed by atoms with van der Waals surface area (Å²) in [6, 6.07) is 3.04. The normalized spacial score (nSPS) is 13.5. The molecule has 0 saturated heterocycles. The molecule has 0 bridgehead atoms. The highest BCUT2D eigenvalue weighted by molar-refractivity contribution is 5.31. The molecule has 1 N–H and O–H groups in total. The lowest BCUT2D eigenvalue weighted by atomic mass is 10.1. The van der Waals surface area contributed by atoms with Gasteiger partial charge in [-0.1, -0.05) is 13.8 Å². The van der Waals surface area contributed by atoms with E-state index >= 15 is 0 Å². The second-order valence-corrected chi connectivity index (χ2v) is 4.99. The zero-order valence-electron chi connectivity index (χ0n) is 12.4. The fourth-order valence-corrected chi connectivity index (χ4v) is 1.98. The van der Waals surface area contributed by atoms with E-state index in [1.165, 1.54) is 6.07 Å². The summed E-state index contributed by atoms with van der Waals surface area (Å²) in [7, 11) is 0. The van der Waals surface area contributed by atoms with Crippen LogP contribution in [0.25, 0.3) is 0 Å². The SMILES string of the molecule is CCC(CC)NCC(C)Oc1ccc(F)c(C(F)(F)F)c1. The van der Waals surface area contributed by atoms with Crippen molar-refractivity contribution in [1.29, 1.82) is 0 Å². The zero-order valence-corrected chi connectivity index (χ0v) is 12.4. The Kier molecular flexibility index (Phi) is 6.45. The fraction of sp³-hybridized carbons (Fsp3) is 0.600. The number of ether oxygens (including phenoxy) is 1. The van der Waals surface area contributed by atoms with Gasteiger partial charge in [-0.2, -0.15) is 13.2 Å². The van der Waals surface area contributed by atoms with Crippen LogP contribution in [-0.2, 0) is 6.18 Å². The Hall–Kier alpha value is -1.30.